The molecular formula is C11H14O3. The predicted octanol–water partition coefficient (Wildman–Crippen LogP) is 2.45. The van der Waals surface area contributed by atoms with Gasteiger partial charge in [0, 0.05) is 0 Å². The van der Waals surface area contributed by atoms with Crippen LogP contribution >= 0.6 is 0 Å². The Labute approximate surface area is 83.6 Å². The number of hydrogen-bond donors (Lipinski definition) is 0. The summed E-state index contributed by atoms with van der Waals surface area (Å²) in [7, 11) is 0. The van der Waals surface area contributed by atoms with Gasteiger partial charge in [-0.25, -0.2) is 0 Å². The van der Waals surface area contributed by atoms with E-state index in [-0.39, 0.29) is 6.79 Å². The average Bonchev–Trinajstić information content (AvgIpc) is 2.62. The van der Waals surface area contributed by atoms with Crippen molar-refractivity contribution in [2.45, 2.75) is 13.8 Å². The van der Waals surface area contributed by atoms with Gasteiger partial charge < -0.3 is 14.2 Å². The molecule has 76 valence electrons. The molecule has 0 spiro atoms. The fourth-order valence-corrected chi connectivity index (χ4v) is 1.27. The summed E-state index contributed by atoms with van der Waals surface area (Å²) in [4.78, 5) is 0. The number of ether oxygens (including phenoxy) is 3. The van der Waals surface area contributed by atoms with Crippen molar-refractivity contribution < 1.29 is 14.2 Å². The van der Waals surface area contributed by atoms with Crippen molar-refractivity contribution in [3.8, 4) is 17.2 Å². The van der Waals surface area contributed by atoms with Crippen LogP contribution in [-0.4, -0.2) is 13.4 Å². The average molecular weight is 194 g/mol. The Morgan fingerprint density at radius 2 is 2.21 bits per heavy atom. The van der Waals surface area contributed by atoms with E-state index >= 15 is 0 Å². The Hall–Kier alpha value is -1.38. The molecule has 3 heteroatoms. The Bertz CT molecular complexity index is 320. The third kappa shape index (κ3) is 1.76. The normalized spacial score (nSPS) is 13.4. The quantitative estimate of drug-likeness (QED) is 0.739. The SMILES string of the molecule is CC(C)COc1cccc2c1OCO2. The number of rotatable bonds is 3. The summed E-state index contributed by atoms with van der Waals surface area (Å²) in [6.45, 7) is 5.21. The van der Waals surface area contributed by atoms with Gasteiger partial charge in [-0.2, -0.15) is 0 Å². The minimum Gasteiger partial charge on any atom is -0.489 e. The van der Waals surface area contributed by atoms with Crippen LogP contribution in [0, 0.1) is 5.92 Å². The lowest BCUT2D eigenvalue weighted by Crippen LogP contribution is -2.05. The first-order chi connectivity index (χ1) is 6.77. The molecule has 1 aromatic carbocycles. The van der Waals surface area contributed by atoms with Crippen molar-refractivity contribution in [3.05, 3.63) is 18.2 Å². The number of benzene rings is 1. The third-order valence-electron chi connectivity index (χ3n) is 1.93. The molecule has 0 atom stereocenters. The first kappa shape index (κ1) is 9.19. The molecule has 1 heterocycles. The maximum Gasteiger partial charge on any atom is 0.231 e. The van der Waals surface area contributed by atoms with Crippen LogP contribution in [0.1, 0.15) is 13.8 Å². The van der Waals surface area contributed by atoms with E-state index in [4.69, 9.17) is 14.2 Å². The zero-order valence-corrected chi connectivity index (χ0v) is 8.45. The summed E-state index contributed by atoms with van der Waals surface area (Å²) in [5.74, 6) is 2.78. The first-order valence-corrected chi connectivity index (χ1v) is 4.79. The van der Waals surface area contributed by atoms with Crippen molar-refractivity contribution >= 4 is 0 Å². The van der Waals surface area contributed by atoms with Crippen molar-refractivity contribution in [1.82, 2.24) is 0 Å². The molecule has 1 aliphatic heterocycles. The molecule has 0 bridgehead atoms. The van der Waals surface area contributed by atoms with Gasteiger partial charge in [-0.15, -0.1) is 0 Å². The number of para-hydroxylation sites is 1. The van der Waals surface area contributed by atoms with E-state index in [1.54, 1.807) is 0 Å². The van der Waals surface area contributed by atoms with Gasteiger partial charge in [0.25, 0.3) is 0 Å². The van der Waals surface area contributed by atoms with Crippen LogP contribution < -0.4 is 14.2 Å². The lowest BCUT2D eigenvalue weighted by molar-refractivity contribution is 0.168. The minimum atomic E-state index is 0.289. The molecule has 3 nitrogen and oxygen atoms in total. The monoisotopic (exact) mass is 194 g/mol. The summed E-state index contributed by atoms with van der Waals surface area (Å²) in [5, 5.41) is 0. The Kier molecular flexibility index (Phi) is 2.48. The predicted molar refractivity (Wildman–Crippen MR) is 52.9 cm³/mol. The van der Waals surface area contributed by atoms with Crippen LogP contribution in [0.5, 0.6) is 17.2 Å². The number of fused-ring (bicyclic) bond motifs is 1. The maximum absolute atomic E-state index is 5.61. The molecule has 0 saturated heterocycles. The van der Waals surface area contributed by atoms with Crippen molar-refractivity contribution in [1.29, 1.82) is 0 Å². The molecule has 0 amide bonds. The summed E-state index contributed by atoms with van der Waals surface area (Å²) in [5.41, 5.74) is 0. The molecule has 1 aromatic rings. The standard InChI is InChI=1S/C11H14O3/c1-8(2)6-12-9-4-3-5-10-11(9)14-7-13-10/h3-5,8H,6-7H2,1-2H3. The van der Waals surface area contributed by atoms with Crippen molar-refractivity contribution in [2.75, 3.05) is 13.4 Å². The summed E-state index contributed by atoms with van der Waals surface area (Å²) < 4.78 is 16.2. The van der Waals surface area contributed by atoms with E-state index in [9.17, 15) is 0 Å². The molecule has 2 rings (SSSR count). The second-order valence-corrected chi connectivity index (χ2v) is 3.69. The van der Waals surface area contributed by atoms with Gasteiger partial charge in [-0.3, -0.25) is 0 Å². The lowest BCUT2D eigenvalue weighted by Gasteiger charge is -2.10. The van der Waals surface area contributed by atoms with Gasteiger partial charge in [-0.1, -0.05) is 19.9 Å². The smallest absolute Gasteiger partial charge is 0.231 e. The molecule has 0 fully saturated rings. The molecule has 0 saturated carbocycles. The molecule has 0 unspecified atom stereocenters. The molecular weight excluding hydrogens is 180 g/mol. The Balaban J connectivity index is 2.14. The maximum atomic E-state index is 5.61. The molecule has 0 radical (unpaired) electrons. The van der Waals surface area contributed by atoms with Crippen LogP contribution in [-0.2, 0) is 0 Å². The second kappa shape index (κ2) is 3.78. The van der Waals surface area contributed by atoms with Gasteiger partial charge in [0.05, 0.1) is 6.61 Å². The highest BCUT2D eigenvalue weighted by atomic mass is 16.7. The van der Waals surface area contributed by atoms with Gasteiger partial charge in [0.1, 0.15) is 0 Å². The molecule has 0 aromatic heterocycles. The highest BCUT2D eigenvalue weighted by Crippen LogP contribution is 2.40. The van der Waals surface area contributed by atoms with E-state index in [2.05, 4.69) is 13.8 Å². The highest BCUT2D eigenvalue weighted by Gasteiger charge is 2.18. The first-order valence-electron chi connectivity index (χ1n) is 4.79. The summed E-state index contributed by atoms with van der Waals surface area (Å²) >= 11 is 0. The van der Waals surface area contributed by atoms with Crippen LogP contribution in [0.15, 0.2) is 18.2 Å². The van der Waals surface area contributed by atoms with Gasteiger partial charge >= 0.3 is 0 Å². The Morgan fingerprint density at radius 1 is 1.36 bits per heavy atom. The molecule has 0 aliphatic carbocycles. The summed E-state index contributed by atoms with van der Waals surface area (Å²) in [6, 6.07) is 5.68. The van der Waals surface area contributed by atoms with Gasteiger partial charge in [-0.05, 0) is 18.1 Å². The fourth-order valence-electron chi connectivity index (χ4n) is 1.27. The third-order valence-corrected chi connectivity index (χ3v) is 1.93. The largest absolute Gasteiger partial charge is 0.489 e. The minimum absolute atomic E-state index is 0.289. The van der Waals surface area contributed by atoms with E-state index in [1.165, 1.54) is 0 Å². The zero-order chi connectivity index (χ0) is 9.97. The molecule has 0 N–H and O–H groups in total. The zero-order valence-electron chi connectivity index (χ0n) is 8.45. The summed E-state index contributed by atoms with van der Waals surface area (Å²) in [6.07, 6.45) is 0. The van der Waals surface area contributed by atoms with Crippen molar-refractivity contribution in [3.63, 3.8) is 0 Å². The molecule has 1 aliphatic rings. The van der Waals surface area contributed by atoms with Crippen LogP contribution in [0.3, 0.4) is 0 Å². The van der Waals surface area contributed by atoms with E-state index < -0.39 is 0 Å². The fraction of sp³-hybridized carbons (Fsp3) is 0.455. The van der Waals surface area contributed by atoms with Crippen LogP contribution in [0.25, 0.3) is 0 Å². The van der Waals surface area contributed by atoms with Gasteiger partial charge in [0.2, 0.25) is 12.5 Å². The van der Waals surface area contributed by atoms with Crippen molar-refractivity contribution in [2.24, 2.45) is 5.92 Å². The van der Waals surface area contributed by atoms with Crippen LogP contribution in [0.2, 0.25) is 0 Å². The second-order valence-electron chi connectivity index (χ2n) is 3.69. The van der Waals surface area contributed by atoms with E-state index in [0.717, 1.165) is 17.2 Å². The van der Waals surface area contributed by atoms with Gasteiger partial charge in [0.15, 0.2) is 11.5 Å². The number of hydrogen-bond acceptors (Lipinski definition) is 3. The lowest BCUT2D eigenvalue weighted by atomic mass is 10.2. The highest BCUT2D eigenvalue weighted by molar-refractivity contribution is 5.52. The molecule has 14 heavy (non-hydrogen) atoms. The van der Waals surface area contributed by atoms with E-state index in [0.29, 0.717) is 12.5 Å². The topological polar surface area (TPSA) is 27.7 Å². The Morgan fingerprint density at radius 3 is 3.00 bits per heavy atom. The van der Waals surface area contributed by atoms with Crippen LogP contribution in [0.4, 0.5) is 0 Å². The van der Waals surface area contributed by atoms with E-state index in [1.807, 2.05) is 18.2 Å².